The number of rotatable bonds is 8. The molecular formula is C24H24O5. The minimum atomic E-state index is -0.452. The highest BCUT2D eigenvalue weighted by molar-refractivity contribution is 5.82. The van der Waals surface area contributed by atoms with E-state index < -0.39 is 11.6 Å². The molecule has 0 aliphatic heterocycles. The minimum absolute atomic E-state index is 0.234. The van der Waals surface area contributed by atoms with E-state index in [0.717, 1.165) is 23.4 Å². The molecule has 0 radical (unpaired) electrons. The molecule has 1 atom stereocenters. The maximum Gasteiger partial charge on any atom is 0.344 e. The summed E-state index contributed by atoms with van der Waals surface area (Å²) in [5.74, 6) is 0.134. The van der Waals surface area contributed by atoms with E-state index in [1.807, 2.05) is 62.4 Å². The Morgan fingerprint density at radius 2 is 1.90 bits per heavy atom. The maximum atomic E-state index is 12.4. The zero-order valence-electron chi connectivity index (χ0n) is 16.6. The van der Waals surface area contributed by atoms with Crippen molar-refractivity contribution in [1.82, 2.24) is 0 Å². The Kier molecular flexibility index (Phi) is 6.17. The zero-order valence-corrected chi connectivity index (χ0v) is 16.6. The molecule has 0 aliphatic carbocycles. The second kappa shape index (κ2) is 8.78. The van der Waals surface area contributed by atoms with Gasteiger partial charge in [0.25, 0.3) is 0 Å². The molecule has 1 heterocycles. The Bertz CT molecular complexity index is 1070. The first-order valence-electron chi connectivity index (χ1n) is 9.49. The van der Waals surface area contributed by atoms with E-state index in [9.17, 15) is 9.59 Å². The Labute approximate surface area is 169 Å². The van der Waals surface area contributed by atoms with Gasteiger partial charge in [0, 0.05) is 22.9 Å². The summed E-state index contributed by atoms with van der Waals surface area (Å²) in [6.45, 7) is 7.98. The smallest absolute Gasteiger partial charge is 0.344 e. The normalized spacial score (nSPS) is 12.9. The molecule has 5 heteroatoms. The van der Waals surface area contributed by atoms with Gasteiger partial charge < -0.3 is 13.9 Å². The third kappa shape index (κ3) is 4.93. The number of benzene rings is 2. The monoisotopic (exact) mass is 392 g/mol. The van der Waals surface area contributed by atoms with Crippen molar-refractivity contribution < 1.29 is 18.7 Å². The average Bonchev–Trinajstić information content (AvgIpc) is 2.76. The van der Waals surface area contributed by atoms with Crippen LogP contribution in [0.4, 0.5) is 0 Å². The summed E-state index contributed by atoms with van der Waals surface area (Å²) in [6.07, 6.45) is 1.91. The van der Waals surface area contributed by atoms with Gasteiger partial charge in [0.1, 0.15) is 17.9 Å². The van der Waals surface area contributed by atoms with Gasteiger partial charge in [0.05, 0.1) is 12.2 Å². The van der Waals surface area contributed by atoms with Crippen LogP contribution >= 0.6 is 0 Å². The molecule has 1 aromatic heterocycles. The molecule has 5 nitrogen and oxygen atoms in total. The molecule has 0 spiro atoms. The fourth-order valence-electron chi connectivity index (χ4n) is 2.81. The highest BCUT2D eigenvalue weighted by atomic mass is 16.5. The van der Waals surface area contributed by atoms with Crippen molar-refractivity contribution in [2.24, 2.45) is 5.41 Å². The van der Waals surface area contributed by atoms with Crippen molar-refractivity contribution in [3.05, 3.63) is 77.7 Å². The van der Waals surface area contributed by atoms with Gasteiger partial charge in [0.2, 0.25) is 0 Å². The number of esters is 1. The molecule has 0 aliphatic rings. The molecule has 3 aromatic rings. The quantitative estimate of drug-likeness (QED) is 0.307. The topological polar surface area (TPSA) is 65.7 Å². The van der Waals surface area contributed by atoms with Crippen molar-refractivity contribution in [3.8, 4) is 16.9 Å². The molecule has 0 saturated heterocycles. The minimum Gasteiger partial charge on any atom is -0.493 e. The predicted octanol–water partition coefficient (Wildman–Crippen LogP) is 4.98. The van der Waals surface area contributed by atoms with Gasteiger partial charge >= 0.3 is 11.6 Å². The molecule has 0 saturated carbocycles. The lowest BCUT2D eigenvalue weighted by Gasteiger charge is -2.27. The number of carbonyl (C=O) groups is 1. The van der Waals surface area contributed by atoms with Crippen LogP contribution in [0.1, 0.15) is 20.3 Å². The zero-order chi connectivity index (χ0) is 20.9. The largest absolute Gasteiger partial charge is 0.493 e. The summed E-state index contributed by atoms with van der Waals surface area (Å²) in [5, 5.41) is 0.814. The highest BCUT2D eigenvalue weighted by Crippen LogP contribution is 2.27. The molecule has 0 bridgehead atoms. The standard InChI is InChI=1S/C24H24O5/c1-4-22(25)28-16-24(3,5-2)15-27-19-12-11-18-13-20(17-9-7-6-8-10-17)23(26)29-21(18)14-19/h4,6-14H,1,5,15-16H2,2-3H3. The molecule has 0 fully saturated rings. The molecule has 2 aromatic carbocycles. The second-order valence-corrected chi connectivity index (χ2v) is 7.28. The summed E-state index contributed by atoms with van der Waals surface area (Å²) < 4.78 is 16.6. The van der Waals surface area contributed by atoms with E-state index in [2.05, 4.69) is 6.58 Å². The second-order valence-electron chi connectivity index (χ2n) is 7.28. The average molecular weight is 392 g/mol. The lowest BCUT2D eigenvalue weighted by Crippen LogP contribution is -2.30. The van der Waals surface area contributed by atoms with Crippen LogP contribution in [0, 0.1) is 5.41 Å². The Morgan fingerprint density at radius 3 is 2.59 bits per heavy atom. The third-order valence-electron chi connectivity index (χ3n) is 4.96. The van der Waals surface area contributed by atoms with Gasteiger partial charge in [0.15, 0.2) is 0 Å². The fourth-order valence-corrected chi connectivity index (χ4v) is 2.81. The summed E-state index contributed by atoms with van der Waals surface area (Å²) in [7, 11) is 0. The van der Waals surface area contributed by atoms with E-state index in [-0.39, 0.29) is 12.0 Å². The highest BCUT2D eigenvalue weighted by Gasteiger charge is 2.25. The van der Waals surface area contributed by atoms with Crippen LogP contribution in [0.25, 0.3) is 22.1 Å². The van der Waals surface area contributed by atoms with Crippen molar-refractivity contribution in [2.45, 2.75) is 20.3 Å². The van der Waals surface area contributed by atoms with Crippen molar-refractivity contribution in [1.29, 1.82) is 0 Å². The fraction of sp³-hybridized carbons (Fsp3) is 0.250. The van der Waals surface area contributed by atoms with Crippen LogP contribution in [0.2, 0.25) is 0 Å². The van der Waals surface area contributed by atoms with Crippen LogP contribution in [0.3, 0.4) is 0 Å². The SMILES string of the molecule is C=CC(=O)OCC(C)(CC)COc1ccc2cc(-c3ccccc3)c(=O)oc2c1. The van der Waals surface area contributed by atoms with E-state index >= 15 is 0 Å². The predicted molar refractivity (Wildman–Crippen MR) is 113 cm³/mol. The third-order valence-corrected chi connectivity index (χ3v) is 4.96. The summed E-state index contributed by atoms with van der Waals surface area (Å²) in [4.78, 5) is 23.8. The van der Waals surface area contributed by atoms with Crippen molar-refractivity contribution in [2.75, 3.05) is 13.2 Å². The first-order chi connectivity index (χ1) is 13.9. The number of carbonyl (C=O) groups excluding carboxylic acids is 1. The van der Waals surface area contributed by atoms with Crippen molar-refractivity contribution >= 4 is 16.9 Å². The Hall–Kier alpha value is -3.34. The van der Waals surface area contributed by atoms with Gasteiger partial charge in [-0.25, -0.2) is 9.59 Å². The number of ether oxygens (including phenoxy) is 2. The van der Waals surface area contributed by atoms with E-state index in [0.29, 0.717) is 23.5 Å². The molecule has 3 rings (SSSR count). The van der Waals surface area contributed by atoms with Crippen LogP contribution in [-0.4, -0.2) is 19.2 Å². The van der Waals surface area contributed by atoms with Crippen LogP contribution in [0.5, 0.6) is 5.75 Å². The number of hydrogen-bond donors (Lipinski definition) is 0. The lowest BCUT2D eigenvalue weighted by atomic mass is 9.90. The first kappa shape index (κ1) is 20.4. The van der Waals surface area contributed by atoms with E-state index in [1.54, 1.807) is 6.07 Å². The van der Waals surface area contributed by atoms with Gasteiger partial charge in [-0.1, -0.05) is 50.8 Å². The molecule has 0 N–H and O–H groups in total. The van der Waals surface area contributed by atoms with Gasteiger partial charge in [-0.3, -0.25) is 0 Å². The van der Waals surface area contributed by atoms with Crippen LogP contribution in [0.15, 0.2) is 76.5 Å². The summed E-state index contributed by atoms with van der Waals surface area (Å²) in [5.41, 5.74) is 1.07. The Balaban J connectivity index is 1.78. The Morgan fingerprint density at radius 1 is 1.14 bits per heavy atom. The summed E-state index contributed by atoms with van der Waals surface area (Å²) in [6, 6.07) is 16.6. The van der Waals surface area contributed by atoms with E-state index in [4.69, 9.17) is 13.9 Å². The molecule has 150 valence electrons. The van der Waals surface area contributed by atoms with Gasteiger partial charge in [-0.15, -0.1) is 0 Å². The molecule has 29 heavy (non-hydrogen) atoms. The molecule has 0 amide bonds. The first-order valence-corrected chi connectivity index (χ1v) is 9.49. The van der Waals surface area contributed by atoms with Gasteiger partial charge in [-0.2, -0.15) is 0 Å². The lowest BCUT2D eigenvalue weighted by molar-refractivity contribution is -0.141. The van der Waals surface area contributed by atoms with Crippen LogP contribution in [-0.2, 0) is 9.53 Å². The maximum absolute atomic E-state index is 12.4. The summed E-state index contributed by atoms with van der Waals surface area (Å²) >= 11 is 0. The van der Waals surface area contributed by atoms with Crippen molar-refractivity contribution in [3.63, 3.8) is 0 Å². The van der Waals surface area contributed by atoms with Gasteiger partial charge in [-0.05, 0) is 30.2 Å². The number of hydrogen-bond acceptors (Lipinski definition) is 5. The molecule has 1 unspecified atom stereocenters. The molecular weight excluding hydrogens is 368 g/mol. The van der Waals surface area contributed by atoms with Crippen LogP contribution < -0.4 is 10.4 Å². The van der Waals surface area contributed by atoms with E-state index in [1.165, 1.54) is 0 Å². The number of fused-ring (bicyclic) bond motifs is 1.